The number of furan rings is 3. The van der Waals surface area contributed by atoms with Crippen LogP contribution in [-0.2, 0) is 20.8 Å². The predicted octanol–water partition coefficient (Wildman–Crippen LogP) is 18.0. The van der Waals surface area contributed by atoms with Crippen molar-refractivity contribution in [3.05, 3.63) is 302 Å². The van der Waals surface area contributed by atoms with Gasteiger partial charge in [0.25, 0.3) is 35.4 Å². The number of aromatic amines is 2. The molecule has 30 nitrogen and oxygen atoms in total. The van der Waals surface area contributed by atoms with Crippen molar-refractivity contribution in [3.8, 4) is 80.1 Å². The molecule has 0 saturated carbocycles. The summed E-state index contributed by atoms with van der Waals surface area (Å²) in [7, 11) is 4.67. The minimum absolute atomic E-state index is 0.168. The molecule has 1 unspecified atom stereocenters. The number of hydrogen-bond donors (Lipinski definition) is 5. The predicted molar refractivity (Wildman–Crippen MR) is 466 cm³/mol. The van der Waals surface area contributed by atoms with Gasteiger partial charge < -0.3 is 43.4 Å². The Morgan fingerprint density at radius 3 is 1.39 bits per heavy atom. The van der Waals surface area contributed by atoms with Crippen LogP contribution in [0, 0.1) is 17.2 Å². The monoisotopic (exact) mass is 1700 g/mol. The van der Waals surface area contributed by atoms with Crippen molar-refractivity contribution >= 4 is 134 Å². The highest BCUT2D eigenvalue weighted by Gasteiger charge is 2.37. The molecule has 0 fully saturated rings. The first kappa shape index (κ1) is 82.1. The highest BCUT2D eigenvalue weighted by Crippen LogP contribution is 2.37. The number of halogens is 3. The van der Waals surface area contributed by atoms with Gasteiger partial charge in [-0.2, -0.15) is 35.8 Å². The first-order valence-corrected chi connectivity index (χ1v) is 38.6. The summed E-state index contributed by atoms with van der Waals surface area (Å²) in [6.45, 7) is 5.31. The van der Waals surface area contributed by atoms with Gasteiger partial charge in [0.2, 0.25) is 5.82 Å². The van der Waals surface area contributed by atoms with Crippen LogP contribution in [0.15, 0.2) is 276 Å². The molecule has 1 atom stereocenters. The van der Waals surface area contributed by atoms with E-state index in [0.717, 1.165) is 0 Å². The molecule has 6 amide bonds. The molecule has 9 aromatic carbocycles. The van der Waals surface area contributed by atoms with Crippen LogP contribution in [0.2, 0.25) is 15.1 Å². The Morgan fingerprint density at radius 1 is 0.480 bits per heavy atom. The fourth-order valence-corrected chi connectivity index (χ4v) is 13.7. The number of nitrogens with one attached hydrogen (secondary N) is 5. The number of aromatic nitrogens is 8. The molecule has 5 aromatic heterocycles. The van der Waals surface area contributed by atoms with E-state index in [0.29, 0.717) is 181 Å². The standard InChI is InChI=1S/C30H24ClN7O4.C30H22ClN7O4.C30H21ClN4O4/c2*1-17-24(30(40)38(35-17)21-7-3-5-19(13-21)28-33-36-37-34-28)16-23-10-12-27(42-23)18-9-11-26(31)25(14-18)29(39)32-20-6-4-8-22(15-20)41-2;1-18-25(30(37)35(34-18)22-7-3-5-19(13-22)17-32)16-24-10-12-28(39-24)20-9-11-27(31)26(14-20)29(36)33-21-6-4-8-23(15-21)38-2/h3-15,24H,16H2,1-2H3,(H,32,39)(H,33,34,36,37);3-16H,1-2H3,(H,32,39)(H,33,34,36,37);3-16H,1-2H3,(H,33,36). The molecule has 0 spiro atoms. The van der Waals surface area contributed by atoms with E-state index < -0.39 is 5.92 Å². The van der Waals surface area contributed by atoms with Crippen molar-refractivity contribution in [3.63, 3.8) is 0 Å². The summed E-state index contributed by atoms with van der Waals surface area (Å²) in [5.74, 6) is 3.36. The molecule has 17 rings (SSSR count). The molecule has 0 bridgehead atoms. The molecule has 33 heteroatoms. The molecule has 0 saturated heterocycles. The van der Waals surface area contributed by atoms with Gasteiger partial charge in [0.1, 0.15) is 51.8 Å². The first-order chi connectivity index (χ1) is 59.6. The molecule has 3 aliphatic heterocycles. The van der Waals surface area contributed by atoms with Crippen LogP contribution in [0.3, 0.4) is 0 Å². The van der Waals surface area contributed by atoms with Crippen LogP contribution < -0.4 is 45.2 Å². The maximum Gasteiger partial charge on any atom is 0.280 e. The fourth-order valence-electron chi connectivity index (χ4n) is 13.1. The van der Waals surface area contributed by atoms with E-state index in [1.807, 2.05) is 31.2 Å². The summed E-state index contributed by atoms with van der Waals surface area (Å²) >= 11 is 19.1. The van der Waals surface area contributed by atoms with Crippen molar-refractivity contribution in [1.82, 2.24) is 41.2 Å². The normalized spacial score (nSPS) is 14.1. The van der Waals surface area contributed by atoms with E-state index in [9.17, 15) is 28.8 Å². The van der Waals surface area contributed by atoms with E-state index in [4.69, 9.17) is 67.5 Å². The lowest BCUT2D eigenvalue weighted by atomic mass is 9.99. The molecule has 8 heterocycles. The van der Waals surface area contributed by atoms with Crippen molar-refractivity contribution in [2.24, 2.45) is 21.2 Å². The molecule has 123 heavy (non-hydrogen) atoms. The second-order valence-electron chi connectivity index (χ2n) is 27.4. The number of carbonyl (C=O) groups is 6. The van der Waals surface area contributed by atoms with E-state index in [1.165, 1.54) is 15.0 Å². The van der Waals surface area contributed by atoms with Crippen LogP contribution >= 0.6 is 34.8 Å². The Labute approximate surface area is 715 Å². The smallest absolute Gasteiger partial charge is 0.280 e. The summed E-state index contributed by atoms with van der Waals surface area (Å²) < 4.78 is 33.8. The van der Waals surface area contributed by atoms with Gasteiger partial charge in [0.05, 0.1) is 110 Å². The van der Waals surface area contributed by atoms with E-state index in [-0.39, 0.29) is 51.6 Å². The average molecular weight is 1700 g/mol. The Morgan fingerprint density at radius 2 is 0.927 bits per heavy atom. The van der Waals surface area contributed by atoms with Crippen LogP contribution in [0.1, 0.15) is 74.7 Å². The number of carbonyl (C=O) groups excluding carboxylic acids is 6. The van der Waals surface area contributed by atoms with Crippen LogP contribution in [0.5, 0.6) is 17.2 Å². The lowest BCUT2D eigenvalue weighted by Crippen LogP contribution is -2.28. The summed E-state index contributed by atoms with van der Waals surface area (Å²) in [6.07, 6.45) is 3.58. The Kier molecular flexibility index (Phi) is 24.4. The average Bonchev–Trinajstić information content (AvgIpc) is 1.61. The number of hydrazone groups is 3. The minimum atomic E-state index is -0.493. The van der Waals surface area contributed by atoms with Crippen LogP contribution in [0.25, 0.3) is 68.9 Å². The van der Waals surface area contributed by atoms with Gasteiger partial charge in [-0.1, -0.05) is 83.3 Å². The van der Waals surface area contributed by atoms with Gasteiger partial charge >= 0.3 is 0 Å². The van der Waals surface area contributed by atoms with Crippen LogP contribution in [0.4, 0.5) is 34.1 Å². The number of anilines is 6. The van der Waals surface area contributed by atoms with E-state index in [1.54, 1.807) is 260 Å². The Bertz CT molecular complexity index is 6660. The van der Waals surface area contributed by atoms with Gasteiger partial charge in [-0.3, -0.25) is 28.8 Å². The number of nitriles is 1. The van der Waals surface area contributed by atoms with Gasteiger partial charge in [0.15, 0.2) is 5.82 Å². The minimum Gasteiger partial charge on any atom is -0.497 e. The number of benzene rings is 9. The van der Waals surface area contributed by atoms with Crippen molar-refractivity contribution in [2.75, 3.05) is 52.3 Å². The number of tetrazole rings is 2. The number of nitrogens with zero attached hydrogens (tertiary/aromatic N) is 13. The zero-order valence-corrected chi connectivity index (χ0v) is 68.1. The van der Waals surface area contributed by atoms with E-state index >= 15 is 0 Å². The lowest BCUT2D eigenvalue weighted by Gasteiger charge is -2.14. The zero-order chi connectivity index (χ0) is 86.0. The number of methoxy groups -OCH3 is 3. The van der Waals surface area contributed by atoms with Gasteiger partial charge in [-0.05, 0) is 218 Å². The number of hydrogen-bond acceptors (Lipinski definition) is 22. The van der Waals surface area contributed by atoms with Gasteiger partial charge in [-0.15, -0.1) is 15.3 Å². The summed E-state index contributed by atoms with van der Waals surface area (Å²) in [4.78, 5) is 78.8. The molecule has 0 aliphatic carbocycles. The lowest BCUT2D eigenvalue weighted by molar-refractivity contribution is -0.120. The molecule has 5 N–H and O–H groups in total. The number of H-pyrrole nitrogens is 2. The van der Waals surface area contributed by atoms with Gasteiger partial charge in [0, 0.05) is 75.2 Å². The molecular formula is C90H67Cl3N18O12. The topological polar surface area (TPSA) is 385 Å². The third-order valence-corrected chi connectivity index (χ3v) is 20.4. The molecule has 3 aliphatic rings. The largest absolute Gasteiger partial charge is 0.497 e. The maximum absolute atomic E-state index is 13.4. The van der Waals surface area contributed by atoms with Crippen LogP contribution in [-0.4, -0.2) is 115 Å². The number of ether oxygens (including phenoxy) is 3. The second kappa shape index (κ2) is 36.5. The third-order valence-electron chi connectivity index (χ3n) is 19.4. The molecular weight excluding hydrogens is 1630 g/mol. The molecule has 610 valence electrons. The molecule has 14 aromatic rings. The number of rotatable bonds is 21. The zero-order valence-electron chi connectivity index (χ0n) is 65.8. The van der Waals surface area contributed by atoms with Crippen molar-refractivity contribution in [2.45, 2.75) is 27.2 Å². The quantitative estimate of drug-likeness (QED) is 0.0417. The number of amides is 6. The van der Waals surface area contributed by atoms with Crippen molar-refractivity contribution in [1.29, 1.82) is 5.26 Å². The first-order valence-electron chi connectivity index (χ1n) is 37.5. The van der Waals surface area contributed by atoms with Crippen molar-refractivity contribution < 1.29 is 56.2 Å². The van der Waals surface area contributed by atoms with E-state index in [2.05, 4.69) is 78.6 Å². The fraction of sp³-hybridized carbons (Fsp3) is 0.0889. The third kappa shape index (κ3) is 18.7. The SMILES string of the molecule is COc1cccc(NC(=O)c2cc(-c3ccc(C=C4C(=O)N(c5cccc(-c6nnn[nH]6)c5)N=C4C)o3)ccc2Cl)c1.COc1cccc(NC(=O)c2cc(-c3ccc(C=C4C(=O)N(c5cccc(C#N)c5)N=C4C)o3)ccc2Cl)c1.COc1cccc(NC(=O)c2cc(-c3ccc(CC4C(=O)N(c5cccc(-c6nn[nH]n6)c5)N=C4C)o3)ccc2Cl)c1. The second-order valence-corrected chi connectivity index (χ2v) is 28.7. The highest BCUT2D eigenvalue weighted by molar-refractivity contribution is 6.36. The Balaban J connectivity index is 0.000000143. The molecule has 0 radical (unpaired) electrons. The van der Waals surface area contributed by atoms with Gasteiger partial charge in [-0.25, -0.2) is 10.1 Å². The summed E-state index contributed by atoms with van der Waals surface area (Å²) in [6, 6.07) is 70.0. The Hall–Kier alpha value is -16.0. The summed E-state index contributed by atoms with van der Waals surface area (Å²) in [5.41, 5.74) is 10.5. The summed E-state index contributed by atoms with van der Waals surface area (Å²) in [5, 5.41) is 63.7. The maximum atomic E-state index is 13.4. The highest BCUT2D eigenvalue weighted by atomic mass is 35.5.